The van der Waals surface area contributed by atoms with Gasteiger partial charge in [0.2, 0.25) is 11.9 Å². The number of hydrogen-bond donors (Lipinski definition) is 1. The van der Waals surface area contributed by atoms with Gasteiger partial charge in [0.15, 0.2) is 0 Å². The lowest BCUT2D eigenvalue weighted by Gasteiger charge is -2.11. The van der Waals surface area contributed by atoms with Crippen LogP contribution in [0.5, 0.6) is 0 Å². The molecule has 6 heteroatoms. The normalized spacial score (nSPS) is 10.4. The molecule has 0 spiro atoms. The van der Waals surface area contributed by atoms with Gasteiger partial charge in [-0.2, -0.15) is 15.0 Å². The molecular formula is C13H17N5S. The summed E-state index contributed by atoms with van der Waals surface area (Å²) in [5.41, 5.74) is 6.98. The Morgan fingerprint density at radius 3 is 2.47 bits per heavy atom. The summed E-state index contributed by atoms with van der Waals surface area (Å²) >= 11 is 1.76. The van der Waals surface area contributed by atoms with Gasteiger partial charge in [-0.1, -0.05) is 30.3 Å². The summed E-state index contributed by atoms with van der Waals surface area (Å²) in [6.07, 6.45) is 0. The molecule has 0 amide bonds. The summed E-state index contributed by atoms with van der Waals surface area (Å²) in [4.78, 5) is 14.4. The van der Waals surface area contributed by atoms with Crippen LogP contribution in [0.1, 0.15) is 11.4 Å². The molecule has 1 aromatic carbocycles. The van der Waals surface area contributed by atoms with Crippen LogP contribution in [0, 0.1) is 0 Å². The maximum absolute atomic E-state index is 5.68. The van der Waals surface area contributed by atoms with Crippen LogP contribution in [0.15, 0.2) is 30.3 Å². The molecule has 2 N–H and O–H groups in total. The number of anilines is 2. The molecule has 19 heavy (non-hydrogen) atoms. The largest absolute Gasteiger partial charge is 0.368 e. The summed E-state index contributed by atoms with van der Waals surface area (Å²) in [6, 6.07) is 10.3. The maximum Gasteiger partial charge on any atom is 0.229 e. The van der Waals surface area contributed by atoms with Crippen molar-refractivity contribution < 1.29 is 0 Å². The first-order valence-corrected chi connectivity index (χ1v) is 7.10. The molecule has 5 nitrogen and oxygen atoms in total. The van der Waals surface area contributed by atoms with Crippen molar-refractivity contribution in [2.75, 3.05) is 24.7 Å². The van der Waals surface area contributed by atoms with E-state index in [0.717, 1.165) is 17.3 Å². The summed E-state index contributed by atoms with van der Waals surface area (Å²) in [5, 5.41) is 0. The number of rotatable bonds is 5. The van der Waals surface area contributed by atoms with E-state index in [-0.39, 0.29) is 5.95 Å². The highest BCUT2D eigenvalue weighted by atomic mass is 32.2. The lowest BCUT2D eigenvalue weighted by atomic mass is 10.2. The fourth-order valence-electron chi connectivity index (χ4n) is 1.52. The fourth-order valence-corrected chi connectivity index (χ4v) is 2.37. The van der Waals surface area contributed by atoms with E-state index < -0.39 is 0 Å². The van der Waals surface area contributed by atoms with Crippen molar-refractivity contribution in [3.63, 3.8) is 0 Å². The van der Waals surface area contributed by atoms with E-state index in [4.69, 9.17) is 5.73 Å². The van der Waals surface area contributed by atoms with Crippen LogP contribution >= 0.6 is 11.8 Å². The average Bonchev–Trinajstić information content (AvgIpc) is 2.39. The highest BCUT2D eigenvalue weighted by molar-refractivity contribution is 7.97. The van der Waals surface area contributed by atoms with Crippen LogP contribution in [-0.4, -0.2) is 29.0 Å². The third-order valence-corrected chi connectivity index (χ3v) is 3.43. The molecule has 0 saturated heterocycles. The van der Waals surface area contributed by atoms with E-state index in [2.05, 4.69) is 27.1 Å². The van der Waals surface area contributed by atoms with Gasteiger partial charge in [-0.05, 0) is 5.56 Å². The van der Waals surface area contributed by atoms with Gasteiger partial charge in [0, 0.05) is 19.8 Å². The van der Waals surface area contributed by atoms with Crippen LogP contribution < -0.4 is 10.6 Å². The van der Waals surface area contributed by atoms with E-state index in [1.165, 1.54) is 5.56 Å². The molecule has 0 aliphatic heterocycles. The number of nitrogen functional groups attached to an aromatic ring is 1. The molecule has 2 aromatic rings. The van der Waals surface area contributed by atoms with E-state index >= 15 is 0 Å². The van der Waals surface area contributed by atoms with E-state index in [1.807, 2.05) is 37.2 Å². The van der Waals surface area contributed by atoms with E-state index in [0.29, 0.717) is 5.95 Å². The van der Waals surface area contributed by atoms with E-state index in [1.54, 1.807) is 11.8 Å². The maximum atomic E-state index is 5.68. The molecule has 2 rings (SSSR count). The second-order valence-corrected chi connectivity index (χ2v) is 5.27. The van der Waals surface area contributed by atoms with Gasteiger partial charge in [0.1, 0.15) is 5.82 Å². The first-order valence-electron chi connectivity index (χ1n) is 5.94. The van der Waals surface area contributed by atoms with Crippen LogP contribution in [0.2, 0.25) is 0 Å². The zero-order valence-corrected chi connectivity index (χ0v) is 11.9. The molecule has 0 saturated carbocycles. The summed E-state index contributed by atoms with van der Waals surface area (Å²) < 4.78 is 0. The van der Waals surface area contributed by atoms with Crippen molar-refractivity contribution in [1.29, 1.82) is 0 Å². The minimum atomic E-state index is 0.272. The minimum Gasteiger partial charge on any atom is -0.368 e. The Morgan fingerprint density at radius 1 is 1.05 bits per heavy atom. The topological polar surface area (TPSA) is 67.9 Å². The zero-order chi connectivity index (χ0) is 13.7. The molecular weight excluding hydrogens is 258 g/mol. The van der Waals surface area contributed by atoms with Crippen molar-refractivity contribution in [2.24, 2.45) is 0 Å². The fraction of sp³-hybridized carbons (Fsp3) is 0.308. The molecule has 100 valence electrons. The Hall–Kier alpha value is -1.82. The molecule has 0 radical (unpaired) electrons. The van der Waals surface area contributed by atoms with Crippen LogP contribution in [0.25, 0.3) is 0 Å². The van der Waals surface area contributed by atoms with Crippen molar-refractivity contribution in [3.05, 3.63) is 41.7 Å². The molecule has 0 aliphatic carbocycles. The Kier molecular flexibility index (Phi) is 4.57. The summed E-state index contributed by atoms with van der Waals surface area (Å²) in [6.45, 7) is 0. The first kappa shape index (κ1) is 13.6. The third-order valence-electron chi connectivity index (χ3n) is 2.43. The third kappa shape index (κ3) is 4.10. The zero-order valence-electron chi connectivity index (χ0n) is 11.1. The van der Waals surface area contributed by atoms with Crippen molar-refractivity contribution in [2.45, 2.75) is 11.5 Å². The quantitative estimate of drug-likeness (QED) is 0.899. The first-order chi connectivity index (χ1) is 9.15. The second-order valence-electron chi connectivity index (χ2n) is 4.28. The van der Waals surface area contributed by atoms with Crippen molar-refractivity contribution in [3.8, 4) is 0 Å². The molecule has 0 unspecified atom stereocenters. The lowest BCUT2D eigenvalue weighted by molar-refractivity contribution is 0.919. The molecule has 0 fully saturated rings. The van der Waals surface area contributed by atoms with Crippen LogP contribution in [-0.2, 0) is 11.5 Å². The van der Waals surface area contributed by atoms with Crippen molar-refractivity contribution >= 4 is 23.7 Å². The average molecular weight is 275 g/mol. The number of nitrogens with zero attached hydrogens (tertiary/aromatic N) is 4. The van der Waals surface area contributed by atoms with Gasteiger partial charge < -0.3 is 10.6 Å². The monoisotopic (exact) mass is 275 g/mol. The number of aromatic nitrogens is 3. The van der Waals surface area contributed by atoms with Gasteiger partial charge in [-0.3, -0.25) is 0 Å². The Bertz CT molecular complexity index is 530. The van der Waals surface area contributed by atoms with Gasteiger partial charge in [0.25, 0.3) is 0 Å². The van der Waals surface area contributed by atoms with Crippen LogP contribution in [0.3, 0.4) is 0 Å². The SMILES string of the molecule is CN(C)c1nc(N)nc(CSCc2ccccc2)n1. The number of thioether (sulfide) groups is 1. The standard InChI is InChI=1S/C13H17N5S/c1-18(2)13-16-11(15-12(14)17-13)9-19-8-10-6-4-3-5-7-10/h3-7H,8-9H2,1-2H3,(H2,14,15,16,17). The molecule has 0 bridgehead atoms. The predicted octanol–water partition coefficient (Wildman–Crippen LogP) is 1.95. The Morgan fingerprint density at radius 2 is 1.79 bits per heavy atom. The molecule has 0 aliphatic rings. The predicted molar refractivity (Wildman–Crippen MR) is 80.0 cm³/mol. The number of benzene rings is 1. The van der Waals surface area contributed by atoms with Gasteiger partial charge in [-0.25, -0.2) is 0 Å². The minimum absolute atomic E-state index is 0.272. The smallest absolute Gasteiger partial charge is 0.229 e. The second kappa shape index (κ2) is 6.38. The highest BCUT2D eigenvalue weighted by Crippen LogP contribution is 2.17. The van der Waals surface area contributed by atoms with Gasteiger partial charge in [0.05, 0.1) is 5.75 Å². The Balaban J connectivity index is 1.96. The van der Waals surface area contributed by atoms with Crippen molar-refractivity contribution in [1.82, 2.24) is 15.0 Å². The lowest BCUT2D eigenvalue weighted by Crippen LogP contribution is -2.15. The van der Waals surface area contributed by atoms with Gasteiger partial charge >= 0.3 is 0 Å². The number of nitrogens with two attached hydrogens (primary N) is 1. The summed E-state index contributed by atoms with van der Waals surface area (Å²) in [7, 11) is 3.77. The Labute approximate surface area is 117 Å². The number of hydrogen-bond acceptors (Lipinski definition) is 6. The van der Waals surface area contributed by atoms with E-state index in [9.17, 15) is 0 Å². The van der Waals surface area contributed by atoms with Gasteiger partial charge in [-0.15, -0.1) is 11.8 Å². The molecule has 1 aromatic heterocycles. The summed E-state index contributed by atoms with van der Waals surface area (Å²) in [5.74, 6) is 3.25. The van der Waals surface area contributed by atoms with Crippen LogP contribution in [0.4, 0.5) is 11.9 Å². The molecule has 0 atom stereocenters. The molecule has 1 heterocycles. The highest BCUT2D eigenvalue weighted by Gasteiger charge is 2.06.